The molecule has 1 fully saturated rings. The van der Waals surface area contributed by atoms with E-state index in [1.54, 1.807) is 31.4 Å². The second kappa shape index (κ2) is 7.91. The Kier molecular flexibility index (Phi) is 5.39. The van der Waals surface area contributed by atoms with Crippen molar-refractivity contribution in [2.24, 2.45) is 0 Å². The Morgan fingerprint density at radius 3 is 2.68 bits per heavy atom. The number of urea groups is 1. The molecular formula is C20H18FN3O4. The Balaban J connectivity index is 1.72. The number of benzene rings is 2. The average Bonchev–Trinajstić information content (AvgIpc) is 2.91. The molecule has 2 aromatic carbocycles. The summed E-state index contributed by atoms with van der Waals surface area (Å²) in [4.78, 5) is 37.4. The van der Waals surface area contributed by atoms with Crippen LogP contribution in [0.5, 0.6) is 5.75 Å². The summed E-state index contributed by atoms with van der Waals surface area (Å²) in [5, 5.41) is 4.79. The third-order valence-corrected chi connectivity index (χ3v) is 4.14. The first-order chi connectivity index (χ1) is 13.4. The summed E-state index contributed by atoms with van der Waals surface area (Å²) in [5.41, 5.74) is 1.59. The van der Waals surface area contributed by atoms with Gasteiger partial charge in [0.05, 0.1) is 12.8 Å². The number of carbonyl (C=O) groups excluding carboxylic acids is 3. The number of anilines is 1. The molecule has 144 valence electrons. The zero-order valence-corrected chi connectivity index (χ0v) is 15.3. The van der Waals surface area contributed by atoms with E-state index in [-0.39, 0.29) is 11.4 Å². The highest BCUT2D eigenvalue weighted by molar-refractivity contribution is 6.15. The largest absolute Gasteiger partial charge is 0.496 e. The molecule has 0 aromatic heterocycles. The Morgan fingerprint density at radius 1 is 1.25 bits per heavy atom. The molecule has 0 aliphatic carbocycles. The molecule has 4 amide bonds. The lowest BCUT2D eigenvalue weighted by Crippen LogP contribution is -2.38. The molecule has 8 heteroatoms. The van der Waals surface area contributed by atoms with E-state index in [1.165, 1.54) is 24.3 Å². The number of carbonyl (C=O) groups is 3. The lowest BCUT2D eigenvalue weighted by atomic mass is 10.1. The van der Waals surface area contributed by atoms with Crippen molar-refractivity contribution >= 4 is 29.6 Å². The average molecular weight is 383 g/mol. The van der Waals surface area contributed by atoms with Crippen molar-refractivity contribution in [3.63, 3.8) is 0 Å². The molecule has 0 saturated carbocycles. The van der Waals surface area contributed by atoms with Gasteiger partial charge in [-0.3, -0.25) is 9.59 Å². The van der Waals surface area contributed by atoms with Crippen molar-refractivity contribution in [3.05, 3.63) is 65.1 Å². The number of nitrogens with one attached hydrogen (secondary N) is 2. The van der Waals surface area contributed by atoms with Crippen LogP contribution in [-0.4, -0.2) is 36.4 Å². The predicted molar refractivity (Wildman–Crippen MR) is 101 cm³/mol. The van der Waals surface area contributed by atoms with E-state index >= 15 is 0 Å². The number of imide groups is 1. The summed E-state index contributed by atoms with van der Waals surface area (Å²) in [6, 6.07) is 10.2. The number of para-hydroxylation sites is 1. The highest BCUT2D eigenvalue weighted by Gasteiger charge is 2.35. The van der Waals surface area contributed by atoms with Crippen LogP contribution in [0.3, 0.4) is 0 Å². The zero-order valence-electron chi connectivity index (χ0n) is 15.3. The van der Waals surface area contributed by atoms with Gasteiger partial charge in [0.2, 0.25) is 5.91 Å². The fourth-order valence-corrected chi connectivity index (χ4v) is 2.77. The minimum absolute atomic E-state index is 0.0240. The number of aryl methyl sites for hydroxylation is 1. The van der Waals surface area contributed by atoms with Crippen LogP contribution in [0.2, 0.25) is 0 Å². The molecule has 0 bridgehead atoms. The molecule has 1 saturated heterocycles. The molecule has 0 unspecified atom stereocenters. The van der Waals surface area contributed by atoms with Gasteiger partial charge in [0.15, 0.2) is 0 Å². The summed E-state index contributed by atoms with van der Waals surface area (Å²) in [5.74, 6) is -1.23. The molecule has 1 aliphatic heterocycles. The quantitative estimate of drug-likeness (QED) is 0.614. The van der Waals surface area contributed by atoms with Gasteiger partial charge >= 0.3 is 6.03 Å². The van der Waals surface area contributed by atoms with Gasteiger partial charge < -0.3 is 15.4 Å². The highest BCUT2D eigenvalue weighted by Crippen LogP contribution is 2.21. The normalized spacial score (nSPS) is 15.0. The second-order valence-electron chi connectivity index (χ2n) is 6.14. The Labute approximate surface area is 160 Å². The van der Waals surface area contributed by atoms with Gasteiger partial charge in [0.1, 0.15) is 23.8 Å². The van der Waals surface area contributed by atoms with Gasteiger partial charge in [-0.2, -0.15) is 0 Å². The topological polar surface area (TPSA) is 87.7 Å². The molecule has 7 nitrogen and oxygen atoms in total. The van der Waals surface area contributed by atoms with Crippen molar-refractivity contribution in [1.29, 1.82) is 0 Å². The van der Waals surface area contributed by atoms with Gasteiger partial charge in [0.25, 0.3) is 5.91 Å². The van der Waals surface area contributed by atoms with Gasteiger partial charge in [-0.15, -0.1) is 0 Å². The van der Waals surface area contributed by atoms with Crippen LogP contribution in [0, 0.1) is 12.7 Å². The maximum Gasteiger partial charge on any atom is 0.329 e. The second-order valence-corrected chi connectivity index (χ2v) is 6.14. The fourth-order valence-electron chi connectivity index (χ4n) is 2.77. The van der Waals surface area contributed by atoms with Crippen molar-refractivity contribution in [3.8, 4) is 5.75 Å². The summed E-state index contributed by atoms with van der Waals surface area (Å²) >= 11 is 0. The third-order valence-electron chi connectivity index (χ3n) is 4.14. The van der Waals surface area contributed by atoms with E-state index in [9.17, 15) is 18.8 Å². The van der Waals surface area contributed by atoms with Gasteiger partial charge in [-0.25, -0.2) is 14.1 Å². The molecule has 3 rings (SSSR count). The first kappa shape index (κ1) is 19.1. The van der Waals surface area contributed by atoms with Gasteiger partial charge in [-0.1, -0.05) is 18.2 Å². The number of ether oxygens (including phenoxy) is 1. The van der Waals surface area contributed by atoms with Crippen LogP contribution in [0.4, 0.5) is 14.9 Å². The molecular weight excluding hydrogens is 365 g/mol. The van der Waals surface area contributed by atoms with E-state index in [2.05, 4.69) is 10.6 Å². The Bertz CT molecular complexity index is 987. The fraction of sp³-hybridized carbons (Fsp3) is 0.150. The van der Waals surface area contributed by atoms with Crippen LogP contribution in [0.25, 0.3) is 6.08 Å². The summed E-state index contributed by atoms with van der Waals surface area (Å²) in [6.07, 6.45) is 1.52. The van der Waals surface area contributed by atoms with Crippen molar-refractivity contribution < 1.29 is 23.5 Å². The smallest absolute Gasteiger partial charge is 0.329 e. The minimum Gasteiger partial charge on any atom is -0.496 e. The number of rotatable bonds is 5. The monoisotopic (exact) mass is 383 g/mol. The van der Waals surface area contributed by atoms with Crippen LogP contribution in [0.1, 0.15) is 11.1 Å². The first-order valence-electron chi connectivity index (χ1n) is 8.42. The minimum atomic E-state index is -0.717. The van der Waals surface area contributed by atoms with Gasteiger partial charge in [0, 0.05) is 0 Å². The number of nitrogens with zero attached hydrogens (tertiary/aromatic N) is 1. The highest BCUT2D eigenvalue weighted by atomic mass is 19.1. The van der Waals surface area contributed by atoms with Crippen molar-refractivity contribution in [1.82, 2.24) is 10.2 Å². The molecule has 0 spiro atoms. The molecule has 0 radical (unpaired) electrons. The van der Waals surface area contributed by atoms with E-state index in [0.717, 1.165) is 10.5 Å². The summed E-state index contributed by atoms with van der Waals surface area (Å²) in [6.45, 7) is 1.33. The van der Waals surface area contributed by atoms with Crippen LogP contribution in [0.15, 0.2) is 48.2 Å². The number of methoxy groups -OCH3 is 1. The molecule has 2 aromatic rings. The van der Waals surface area contributed by atoms with Crippen molar-refractivity contribution in [2.75, 3.05) is 19.0 Å². The lowest BCUT2D eigenvalue weighted by Gasteiger charge is -2.12. The van der Waals surface area contributed by atoms with Gasteiger partial charge in [-0.05, 0) is 48.4 Å². The molecule has 1 aliphatic rings. The van der Waals surface area contributed by atoms with Crippen LogP contribution < -0.4 is 15.4 Å². The lowest BCUT2D eigenvalue weighted by molar-refractivity contribution is -0.127. The van der Waals surface area contributed by atoms with E-state index < -0.39 is 30.2 Å². The molecule has 28 heavy (non-hydrogen) atoms. The Morgan fingerprint density at radius 2 is 2.00 bits per heavy atom. The molecule has 2 N–H and O–H groups in total. The Hall–Kier alpha value is -3.68. The molecule has 0 atom stereocenters. The first-order valence-corrected chi connectivity index (χ1v) is 8.42. The van der Waals surface area contributed by atoms with E-state index in [1.807, 2.05) is 6.92 Å². The maximum absolute atomic E-state index is 13.6. The predicted octanol–water partition coefficient (Wildman–Crippen LogP) is 2.67. The maximum atomic E-state index is 13.6. The van der Waals surface area contributed by atoms with Crippen LogP contribution >= 0.6 is 0 Å². The number of halogens is 1. The van der Waals surface area contributed by atoms with Crippen LogP contribution in [-0.2, 0) is 9.59 Å². The number of amides is 4. The van der Waals surface area contributed by atoms with E-state index in [0.29, 0.717) is 11.3 Å². The SMILES string of the molecule is COc1ccc(/C=C2/NC(=O)N(CC(=O)Nc3ccccc3F)C2=O)cc1C. The summed E-state index contributed by atoms with van der Waals surface area (Å²) in [7, 11) is 1.56. The standard InChI is InChI=1S/C20H18FN3O4/c1-12-9-13(7-8-17(12)28-2)10-16-19(26)24(20(27)23-16)11-18(25)22-15-6-4-3-5-14(15)21/h3-10H,11H2,1-2H3,(H,22,25)(H,23,27)/b16-10+. The summed E-state index contributed by atoms with van der Waals surface area (Å²) < 4.78 is 18.8. The third kappa shape index (κ3) is 4.01. The van der Waals surface area contributed by atoms with Crippen molar-refractivity contribution in [2.45, 2.75) is 6.92 Å². The zero-order chi connectivity index (χ0) is 20.3. The number of hydrogen-bond acceptors (Lipinski definition) is 4. The number of hydrogen-bond donors (Lipinski definition) is 2. The molecule has 1 heterocycles. The van der Waals surface area contributed by atoms with E-state index in [4.69, 9.17) is 4.74 Å².